The molecular weight excluding hydrogens is 255 g/mol. The molecule has 1 atom stereocenters. The number of ether oxygens (including phenoxy) is 1. The third-order valence-corrected chi connectivity index (χ3v) is 3.45. The summed E-state index contributed by atoms with van der Waals surface area (Å²) in [6.07, 6.45) is -2.48. The Labute approximate surface area is 111 Å². The van der Waals surface area contributed by atoms with Crippen molar-refractivity contribution in [3.8, 4) is 5.75 Å². The number of anilines is 1. The molecule has 1 aliphatic rings. The van der Waals surface area contributed by atoms with Crippen LogP contribution in [0.2, 0.25) is 0 Å². The molecule has 0 spiro atoms. The monoisotopic (exact) mass is 273 g/mol. The molecule has 0 radical (unpaired) electrons. The molecule has 0 aliphatic carbocycles. The Balaban J connectivity index is 2.18. The molecule has 0 amide bonds. The predicted octanol–water partition coefficient (Wildman–Crippen LogP) is 4.21. The molecule has 1 unspecified atom stereocenters. The van der Waals surface area contributed by atoms with Gasteiger partial charge in [0.25, 0.3) is 0 Å². The Morgan fingerprint density at radius 2 is 2.05 bits per heavy atom. The molecule has 106 valence electrons. The summed E-state index contributed by atoms with van der Waals surface area (Å²) >= 11 is 0. The summed E-state index contributed by atoms with van der Waals surface area (Å²) in [6.45, 7) is 5.16. The van der Waals surface area contributed by atoms with Crippen LogP contribution in [-0.4, -0.2) is 18.9 Å². The van der Waals surface area contributed by atoms with Crippen LogP contribution in [0.25, 0.3) is 0 Å². The molecule has 1 fully saturated rings. The highest BCUT2D eigenvalue weighted by Gasteiger charge is 2.32. The van der Waals surface area contributed by atoms with E-state index in [9.17, 15) is 13.2 Å². The average molecular weight is 273 g/mol. The zero-order chi connectivity index (χ0) is 14.0. The van der Waals surface area contributed by atoms with Gasteiger partial charge in [0.05, 0.1) is 0 Å². The molecule has 1 saturated heterocycles. The van der Waals surface area contributed by atoms with E-state index >= 15 is 0 Å². The number of nitrogens with zero attached hydrogens (tertiary/aromatic N) is 1. The minimum Gasteiger partial charge on any atom is -0.406 e. The lowest BCUT2D eigenvalue weighted by Crippen LogP contribution is -2.33. The lowest BCUT2D eigenvalue weighted by atomic mass is 10.0. The molecule has 0 N–H and O–H groups in total. The molecule has 1 aliphatic heterocycles. The lowest BCUT2D eigenvalue weighted by molar-refractivity contribution is -0.274. The van der Waals surface area contributed by atoms with E-state index in [2.05, 4.69) is 23.5 Å². The number of rotatable bonds is 3. The van der Waals surface area contributed by atoms with E-state index in [-0.39, 0.29) is 5.75 Å². The van der Waals surface area contributed by atoms with E-state index in [1.807, 2.05) is 6.07 Å². The van der Waals surface area contributed by atoms with Crippen molar-refractivity contribution >= 4 is 5.69 Å². The SMILES string of the molecule is CC(C)C1CCCN1c1cccc(OC(F)(F)F)c1. The molecule has 0 bridgehead atoms. The van der Waals surface area contributed by atoms with Crippen LogP contribution in [-0.2, 0) is 0 Å². The highest BCUT2D eigenvalue weighted by Crippen LogP contribution is 2.33. The molecule has 0 saturated carbocycles. The maximum atomic E-state index is 12.2. The van der Waals surface area contributed by atoms with E-state index in [1.165, 1.54) is 12.1 Å². The van der Waals surface area contributed by atoms with E-state index < -0.39 is 6.36 Å². The Morgan fingerprint density at radius 3 is 2.68 bits per heavy atom. The molecule has 5 heteroatoms. The van der Waals surface area contributed by atoms with Gasteiger partial charge in [-0.3, -0.25) is 0 Å². The Bertz CT molecular complexity index is 431. The van der Waals surface area contributed by atoms with E-state index in [0.29, 0.717) is 12.0 Å². The van der Waals surface area contributed by atoms with Crippen molar-refractivity contribution in [2.75, 3.05) is 11.4 Å². The summed E-state index contributed by atoms with van der Waals surface area (Å²) < 4.78 is 40.6. The third-order valence-electron chi connectivity index (χ3n) is 3.45. The van der Waals surface area contributed by atoms with Gasteiger partial charge >= 0.3 is 6.36 Å². The maximum Gasteiger partial charge on any atom is 0.573 e. The minimum atomic E-state index is -4.64. The van der Waals surface area contributed by atoms with Gasteiger partial charge in [-0.1, -0.05) is 19.9 Å². The highest BCUT2D eigenvalue weighted by atomic mass is 19.4. The van der Waals surface area contributed by atoms with Gasteiger partial charge in [-0.25, -0.2) is 0 Å². The summed E-state index contributed by atoms with van der Waals surface area (Å²) in [5.74, 6) is 0.328. The van der Waals surface area contributed by atoms with Gasteiger partial charge in [-0.05, 0) is 30.9 Å². The molecule has 2 nitrogen and oxygen atoms in total. The van der Waals surface area contributed by atoms with Gasteiger partial charge in [0.1, 0.15) is 5.75 Å². The molecule has 0 aromatic heterocycles. The summed E-state index contributed by atoms with van der Waals surface area (Å²) in [4.78, 5) is 2.17. The van der Waals surface area contributed by atoms with Crippen molar-refractivity contribution in [3.05, 3.63) is 24.3 Å². The third kappa shape index (κ3) is 3.55. The number of halogens is 3. The standard InChI is InChI=1S/C14H18F3NO/c1-10(2)13-7-4-8-18(13)11-5-3-6-12(9-11)19-14(15,16)17/h3,5-6,9-10,13H,4,7-8H2,1-2H3. The Morgan fingerprint density at radius 1 is 1.32 bits per heavy atom. The Kier molecular flexibility index (Phi) is 3.92. The molecule has 2 rings (SSSR count). The van der Waals surface area contributed by atoms with Gasteiger partial charge in [0.15, 0.2) is 0 Å². The zero-order valence-corrected chi connectivity index (χ0v) is 11.1. The summed E-state index contributed by atoms with van der Waals surface area (Å²) in [5.41, 5.74) is 0.804. The van der Waals surface area contributed by atoms with Crippen LogP contribution in [0.1, 0.15) is 26.7 Å². The van der Waals surface area contributed by atoms with E-state index in [0.717, 1.165) is 25.1 Å². The first-order valence-electron chi connectivity index (χ1n) is 6.49. The highest BCUT2D eigenvalue weighted by molar-refractivity contribution is 5.52. The Hall–Kier alpha value is -1.39. The van der Waals surface area contributed by atoms with E-state index in [1.54, 1.807) is 6.07 Å². The molecule has 1 aromatic rings. The van der Waals surface area contributed by atoms with Crippen LogP contribution in [0.15, 0.2) is 24.3 Å². The number of hydrogen-bond donors (Lipinski definition) is 0. The van der Waals surface area contributed by atoms with Gasteiger partial charge in [-0.15, -0.1) is 13.2 Å². The second-order valence-electron chi connectivity index (χ2n) is 5.19. The fourth-order valence-electron chi connectivity index (χ4n) is 2.67. The van der Waals surface area contributed by atoms with Crippen LogP contribution in [0, 0.1) is 5.92 Å². The van der Waals surface area contributed by atoms with Crippen molar-refractivity contribution in [1.29, 1.82) is 0 Å². The van der Waals surface area contributed by atoms with Crippen molar-refractivity contribution in [3.63, 3.8) is 0 Å². The van der Waals surface area contributed by atoms with Crippen LogP contribution in [0.5, 0.6) is 5.75 Å². The van der Waals surface area contributed by atoms with Crippen molar-refractivity contribution in [2.24, 2.45) is 5.92 Å². The predicted molar refractivity (Wildman–Crippen MR) is 68.3 cm³/mol. The summed E-state index contributed by atoms with van der Waals surface area (Å²) in [7, 11) is 0. The topological polar surface area (TPSA) is 12.5 Å². The quantitative estimate of drug-likeness (QED) is 0.818. The first kappa shape index (κ1) is 14.0. The smallest absolute Gasteiger partial charge is 0.406 e. The number of alkyl halides is 3. The first-order chi connectivity index (χ1) is 8.87. The fourth-order valence-corrected chi connectivity index (χ4v) is 2.67. The first-order valence-corrected chi connectivity index (χ1v) is 6.49. The average Bonchev–Trinajstić information content (AvgIpc) is 2.75. The van der Waals surface area contributed by atoms with Gasteiger partial charge in [-0.2, -0.15) is 0 Å². The van der Waals surface area contributed by atoms with Crippen LogP contribution in [0.4, 0.5) is 18.9 Å². The summed E-state index contributed by atoms with van der Waals surface area (Å²) in [6, 6.07) is 6.63. The van der Waals surface area contributed by atoms with Crippen molar-refractivity contribution < 1.29 is 17.9 Å². The van der Waals surface area contributed by atoms with Crippen LogP contribution >= 0.6 is 0 Å². The number of hydrogen-bond acceptors (Lipinski definition) is 2. The van der Waals surface area contributed by atoms with Crippen molar-refractivity contribution in [2.45, 2.75) is 39.1 Å². The number of benzene rings is 1. The van der Waals surface area contributed by atoms with E-state index in [4.69, 9.17) is 0 Å². The largest absolute Gasteiger partial charge is 0.573 e. The lowest BCUT2D eigenvalue weighted by Gasteiger charge is -2.30. The molecule has 1 aromatic carbocycles. The zero-order valence-electron chi connectivity index (χ0n) is 11.1. The van der Waals surface area contributed by atoms with Crippen molar-refractivity contribution in [1.82, 2.24) is 0 Å². The van der Waals surface area contributed by atoms with Crippen LogP contribution in [0.3, 0.4) is 0 Å². The molecular formula is C14H18F3NO. The van der Waals surface area contributed by atoms with Gasteiger partial charge < -0.3 is 9.64 Å². The van der Waals surface area contributed by atoms with Gasteiger partial charge in [0.2, 0.25) is 0 Å². The van der Waals surface area contributed by atoms with Gasteiger partial charge in [0, 0.05) is 24.3 Å². The molecule has 19 heavy (non-hydrogen) atoms. The minimum absolute atomic E-state index is 0.153. The second kappa shape index (κ2) is 5.31. The second-order valence-corrected chi connectivity index (χ2v) is 5.19. The maximum absolute atomic E-state index is 12.2. The van der Waals surface area contributed by atoms with Crippen LogP contribution < -0.4 is 9.64 Å². The summed E-state index contributed by atoms with van der Waals surface area (Å²) in [5, 5.41) is 0. The molecule has 1 heterocycles. The normalized spacial score (nSPS) is 20.1. The fraction of sp³-hybridized carbons (Fsp3) is 0.571.